The molecule has 0 amide bonds. The zero-order valence-electron chi connectivity index (χ0n) is 6.42. The second kappa shape index (κ2) is 2.98. The van der Waals surface area contributed by atoms with E-state index in [1.54, 1.807) is 20.8 Å². The molecule has 0 spiro atoms. The highest BCUT2D eigenvalue weighted by molar-refractivity contribution is 5.73. The van der Waals surface area contributed by atoms with E-state index in [-0.39, 0.29) is 0 Å². The molecule has 0 heterocycles. The van der Waals surface area contributed by atoms with Gasteiger partial charge in [0.2, 0.25) is 0 Å². The Balaban J connectivity index is 4.22. The molecular formula is C6H13NO3. The van der Waals surface area contributed by atoms with Gasteiger partial charge in [0.1, 0.15) is 0 Å². The molecule has 0 aromatic heterocycles. The second-order valence-corrected chi connectivity index (χ2v) is 3.22. The quantitative estimate of drug-likeness (QED) is 0.554. The van der Waals surface area contributed by atoms with Gasteiger partial charge in [-0.15, -0.1) is 0 Å². The molecule has 0 aromatic rings. The molecule has 4 heteroatoms. The zero-order chi connectivity index (χ0) is 8.36. The molecular weight excluding hydrogens is 134 g/mol. The Labute approximate surface area is 59.9 Å². The standard InChI is InChI=1S/C6H13NO3/c1-6(2,3)4(10-7)5(8)9/h4H,7H2,1-3H3,(H,8,9)/t4-/m0/s1. The van der Waals surface area contributed by atoms with Crippen LogP contribution >= 0.6 is 0 Å². The van der Waals surface area contributed by atoms with Crippen LogP contribution in [0, 0.1) is 5.41 Å². The highest BCUT2D eigenvalue weighted by Crippen LogP contribution is 2.20. The third-order valence-electron chi connectivity index (χ3n) is 1.15. The predicted octanol–water partition coefficient (Wildman–Crippen LogP) is 0.376. The van der Waals surface area contributed by atoms with Crippen molar-refractivity contribution in [3.8, 4) is 0 Å². The fraction of sp³-hybridized carbons (Fsp3) is 0.833. The molecule has 0 radical (unpaired) electrons. The average Bonchev–Trinajstić information content (AvgIpc) is 1.60. The van der Waals surface area contributed by atoms with Crippen LogP contribution in [-0.4, -0.2) is 17.2 Å². The monoisotopic (exact) mass is 147 g/mol. The van der Waals surface area contributed by atoms with E-state index >= 15 is 0 Å². The minimum Gasteiger partial charge on any atom is -0.479 e. The molecule has 1 atom stereocenters. The highest BCUT2D eigenvalue weighted by atomic mass is 16.6. The second-order valence-electron chi connectivity index (χ2n) is 3.22. The van der Waals surface area contributed by atoms with E-state index in [2.05, 4.69) is 4.84 Å². The first-order valence-electron chi connectivity index (χ1n) is 2.98. The summed E-state index contributed by atoms with van der Waals surface area (Å²) < 4.78 is 0. The Morgan fingerprint density at radius 3 is 2.00 bits per heavy atom. The van der Waals surface area contributed by atoms with Gasteiger partial charge in [-0.05, 0) is 0 Å². The normalized spacial score (nSPS) is 14.8. The summed E-state index contributed by atoms with van der Waals surface area (Å²) in [6.07, 6.45) is -0.938. The molecule has 0 aliphatic heterocycles. The average molecular weight is 147 g/mol. The maximum absolute atomic E-state index is 10.4. The first-order chi connectivity index (χ1) is 4.39. The summed E-state index contributed by atoms with van der Waals surface area (Å²) >= 11 is 0. The molecule has 0 unspecified atom stereocenters. The summed E-state index contributed by atoms with van der Waals surface area (Å²) in [6.45, 7) is 5.25. The Kier molecular flexibility index (Phi) is 2.80. The van der Waals surface area contributed by atoms with Crippen molar-refractivity contribution in [1.82, 2.24) is 0 Å². The minimum absolute atomic E-state index is 0.458. The predicted molar refractivity (Wildman–Crippen MR) is 36.2 cm³/mol. The van der Waals surface area contributed by atoms with E-state index in [9.17, 15) is 4.79 Å². The van der Waals surface area contributed by atoms with Crippen LogP contribution in [0.3, 0.4) is 0 Å². The largest absolute Gasteiger partial charge is 0.479 e. The first-order valence-corrected chi connectivity index (χ1v) is 2.98. The van der Waals surface area contributed by atoms with Gasteiger partial charge in [-0.2, -0.15) is 0 Å². The van der Waals surface area contributed by atoms with Crippen LogP contribution < -0.4 is 5.90 Å². The minimum atomic E-state index is -1.03. The van der Waals surface area contributed by atoms with Gasteiger partial charge in [0.25, 0.3) is 0 Å². The Morgan fingerprint density at radius 2 is 2.00 bits per heavy atom. The maximum atomic E-state index is 10.4. The molecule has 10 heavy (non-hydrogen) atoms. The molecule has 0 aromatic carbocycles. The summed E-state index contributed by atoms with van der Waals surface area (Å²) in [5.41, 5.74) is -0.458. The molecule has 0 rings (SSSR count). The van der Waals surface area contributed by atoms with Gasteiger partial charge in [-0.25, -0.2) is 10.7 Å². The molecule has 4 nitrogen and oxygen atoms in total. The van der Waals surface area contributed by atoms with Crippen LogP contribution in [0.1, 0.15) is 20.8 Å². The number of hydrogen-bond acceptors (Lipinski definition) is 3. The number of carbonyl (C=O) groups is 1. The number of nitrogens with two attached hydrogens (primary N) is 1. The molecule has 0 saturated carbocycles. The number of carboxylic acid groups (broad SMARTS) is 1. The van der Waals surface area contributed by atoms with Gasteiger partial charge < -0.3 is 5.11 Å². The fourth-order valence-corrected chi connectivity index (χ4v) is 0.633. The van der Waals surface area contributed by atoms with Gasteiger partial charge in [-0.3, -0.25) is 4.84 Å². The number of rotatable bonds is 2. The van der Waals surface area contributed by atoms with Crippen LogP contribution in [0.25, 0.3) is 0 Å². The molecule has 0 aliphatic carbocycles. The lowest BCUT2D eigenvalue weighted by molar-refractivity contribution is -0.158. The molecule has 0 saturated heterocycles. The van der Waals surface area contributed by atoms with Crippen molar-refractivity contribution in [2.75, 3.05) is 0 Å². The van der Waals surface area contributed by atoms with Crippen molar-refractivity contribution in [1.29, 1.82) is 0 Å². The Bertz CT molecular complexity index is 127. The molecule has 0 fully saturated rings. The lowest BCUT2D eigenvalue weighted by Crippen LogP contribution is -2.38. The smallest absolute Gasteiger partial charge is 0.335 e. The maximum Gasteiger partial charge on any atom is 0.335 e. The van der Waals surface area contributed by atoms with Gasteiger partial charge in [0, 0.05) is 5.41 Å². The highest BCUT2D eigenvalue weighted by Gasteiger charge is 2.31. The summed E-state index contributed by atoms with van der Waals surface area (Å²) in [5.74, 6) is 3.75. The van der Waals surface area contributed by atoms with Crippen LogP contribution in [-0.2, 0) is 9.63 Å². The van der Waals surface area contributed by atoms with Crippen molar-refractivity contribution in [2.45, 2.75) is 26.9 Å². The van der Waals surface area contributed by atoms with Gasteiger partial charge in [0.15, 0.2) is 6.10 Å². The summed E-state index contributed by atoms with van der Waals surface area (Å²) in [7, 11) is 0. The molecule has 0 aliphatic rings. The van der Waals surface area contributed by atoms with Gasteiger partial charge in [-0.1, -0.05) is 20.8 Å². The Hall–Kier alpha value is -0.610. The van der Waals surface area contributed by atoms with E-state index in [1.807, 2.05) is 0 Å². The van der Waals surface area contributed by atoms with Crippen LogP contribution in [0.4, 0.5) is 0 Å². The first kappa shape index (κ1) is 9.39. The molecule has 60 valence electrons. The van der Waals surface area contributed by atoms with Crippen LogP contribution in [0.15, 0.2) is 0 Å². The molecule has 0 bridgehead atoms. The zero-order valence-corrected chi connectivity index (χ0v) is 6.42. The lowest BCUT2D eigenvalue weighted by atomic mass is 9.89. The van der Waals surface area contributed by atoms with Crippen molar-refractivity contribution in [3.05, 3.63) is 0 Å². The van der Waals surface area contributed by atoms with Crippen LogP contribution in [0.5, 0.6) is 0 Å². The Morgan fingerprint density at radius 1 is 1.60 bits per heavy atom. The van der Waals surface area contributed by atoms with Crippen molar-refractivity contribution < 1.29 is 14.7 Å². The fourth-order valence-electron chi connectivity index (χ4n) is 0.633. The number of hydrogen-bond donors (Lipinski definition) is 2. The summed E-state index contributed by atoms with van der Waals surface area (Å²) in [6, 6.07) is 0. The SMILES string of the molecule is CC(C)(C)[C@@H](ON)C(=O)O. The summed E-state index contributed by atoms with van der Waals surface area (Å²) in [5, 5.41) is 8.50. The van der Waals surface area contributed by atoms with Crippen molar-refractivity contribution in [3.63, 3.8) is 0 Å². The number of aliphatic carboxylic acids is 1. The van der Waals surface area contributed by atoms with E-state index < -0.39 is 17.5 Å². The van der Waals surface area contributed by atoms with E-state index in [4.69, 9.17) is 11.0 Å². The third kappa shape index (κ3) is 2.33. The van der Waals surface area contributed by atoms with Gasteiger partial charge in [0.05, 0.1) is 0 Å². The third-order valence-corrected chi connectivity index (χ3v) is 1.15. The van der Waals surface area contributed by atoms with E-state index in [0.29, 0.717) is 0 Å². The van der Waals surface area contributed by atoms with E-state index in [1.165, 1.54) is 0 Å². The van der Waals surface area contributed by atoms with Gasteiger partial charge >= 0.3 is 5.97 Å². The van der Waals surface area contributed by atoms with Crippen LogP contribution in [0.2, 0.25) is 0 Å². The van der Waals surface area contributed by atoms with E-state index in [0.717, 1.165) is 0 Å². The summed E-state index contributed by atoms with van der Waals surface area (Å²) in [4.78, 5) is 14.6. The topological polar surface area (TPSA) is 72.5 Å². The lowest BCUT2D eigenvalue weighted by Gasteiger charge is -2.24. The number of carboxylic acids is 1. The van der Waals surface area contributed by atoms with Crippen molar-refractivity contribution >= 4 is 5.97 Å². The molecule has 3 N–H and O–H groups in total. The van der Waals surface area contributed by atoms with Crippen molar-refractivity contribution in [2.24, 2.45) is 11.3 Å².